The van der Waals surface area contributed by atoms with E-state index in [0.717, 1.165) is 0 Å². The fraction of sp³-hybridized carbons (Fsp3) is 0.143. The predicted octanol–water partition coefficient (Wildman–Crippen LogP) is 1.96. The van der Waals surface area contributed by atoms with Gasteiger partial charge in [-0.1, -0.05) is 0 Å². The molecule has 4 nitrogen and oxygen atoms in total. The Labute approximate surface area is 110 Å². The molecule has 0 radical (unpaired) electrons. The van der Waals surface area contributed by atoms with Crippen molar-refractivity contribution in [2.75, 3.05) is 11.9 Å². The van der Waals surface area contributed by atoms with Crippen LogP contribution in [0.4, 0.5) is 10.1 Å². The van der Waals surface area contributed by atoms with Crippen LogP contribution in [-0.2, 0) is 6.54 Å². The monoisotopic (exact) mass is 259 g/mol. The van der Waals surface area contributed by atoms with Crippen LogP contribution in [0.5, 0.6) is 0 Å². The molecule has 1 amide bonds. The molecule has 0 saturated carbocycles. The van der Waals surface area contributed by atoms with Crippen molar-refractivity contribution in [3.63, 3.8) is 0 Å². The van der Waals surface area contributed by atoms with Crippen molar-refractivity contribution in [2.45, 2.75) is 6.54 Å². The van der Waals surface area contributed by atoms with Crippen molar-refractivity contribution in [3.8, 4) is 0 Å². The maximum absolute atomic E-state index is 12.8. The van der Waals surface area contributed by atoms with E-state index in [9.17, 15) is 9.18 Å². The maximum Gasteiger partial charge on any atom is 0.258 e. The van der Waals surface area contributed by atoms with Gasteiger partial charge in [0.05, 0.1) is 5.69 Å². The molecular weight excluding hydrogens is 245 g/mol. The quantitative estimate of drug-likeness (QED) is 0.916. The van der Waals surface area contributed by atoms with E-state index in [4.69, 9.17) is 5.73 Å². The minimum Gasteiger partial charge on any atom is -0.325 e. The van der Waals surface area contributed by atoms with Crippen LogP contribution in [0.15, 0.2) is 42.6 Å². The van der Waals surface area contributed by atoms with Crippen molar-refractivity contribution >= 4 is 11.6 Å². The van der Waals surface area contributed by atoms with Crippen LogP contribution in [0.2, 0.25) is 0 Å². The van der Waals surface area contributed by atoms with Gasteiger partial charge in [0.15, 0.2) is 0 Å². The first-order chi connectivity index (χ1) is 9.11. The summed E-state index contributed by atoms with van der Waals surface area (Å²) < 4.78 is 12.8. The Kier molecular flexibility index (Phi) is 3.87. The van der Waals surface area contributed by atoms with Gasteiger partial charge in [-0.25, -0.2) is 4.39 Å². The first-order valence-electron chi connectivity index (χ1n) is 5.80. The number of anilines is 1. The number of carbonyl (C=O) groups excluding carboxylic acids is 1. The van der Waals surface area contributed by atoms with Gasteiger partial charge in [-0.15, -0.1) is 0 Å². The third kappa shape index (κ3) is 2.95. The average Bonchev–Trinajstić information content (AvgIpc) is 2.46. The highest BCUT2D eigenvalue weighted by Crippen LogP contribution is 2.16. The van der Waals surface area contributed by atoms with Gasteiger partial charge in [0.2, 0.25) is 0 Å². The summed E-state index contributed by atoms with van der Waals surface area (Å²) in [6.45, 7) is 0.279. The Bertz CT molecular complexity index is 583. The summed E-state index contributed by atoms with van der Waals surface area (Å²) in [6.07, 6.45) is 1.55. The maximum atomic E-state index is 12.8. The molecule has 2 N–H and O–H groups in total. The van der Waals surface area contributed by atoms with Crippen molar-refractivity contribution in [3.05, 3.63) is 59.7 Å². The summed E-state index contributed by atoms with van der Waals surface area (Å²) in [5.74, 6) is -0.525. The summed E-state index contributed by atoms with van der Waals surface area (Å²) in [5, 5.41) is 0. The number of rotatable bonds is 3. The van der Waals surface area contributed by atoms with Crippen molar-refractivity contribution in [1.82, 2.24) is 4.98 Å². The lowest BCUT2D eigenvalue weighted by atomic mass is 10.2. The largest absolute Gasteiger partial charge is 0.325 e. The summed E-state index contributed by atoms with van der Waals surface area (Å²) >= 11 is 0. The van der Waals surface area contributed by atoms with Gasteiger partial charge < -0.3 is 10.6 Å². The number of nitrogens with zero attached hydrogens (tertiary/aromatic N) is 2. The Morgan fingerprint density at radius 3 is 2.63 bits per heavy atom. The first kappa shape index (κ1) is 13.2. The molecule has 2 rings (SSSR count). The number of aromatic nitrogens is 1. The molecule has 98 valence electrons. The number of amides is 1. The van der Waals surface area contributed by atoms with Crippen LogP contribution >= 0.6 is 0 Å². The molecule has 5 heteroatoms. The molecule has 0 fully saturated rings. The molecule has 0 bridgehead atoms. The standard InChI is InChI=1S/C14H14FN3O/c1-18(13-4-2-11(15)3-5-13)14(19)10-6-7-17-12(8-10)9-16/h2-8H,9,16H2,1H3. The van der Waals surface area contributed by atoms with Crippen molar-refractivity contribution < 1.29 is 9.18 Å². The van der Waals surface area contributed by atoms with E-state index in [1.807, 2.05) is 0 Å². The highest BCUT2D eigenvalue weighted by molar-refractivity contribution is 6.05. The van der Waals surface area contributed by atoms with Gasteiger partial charge in [0.25, 0.3) is 5.91 Å². The SMILES string of the molecule is CN(C(=O)c1ccnc(CN)c1)c1ccc(F)cc1. The minimum absolute atomic E-state index is 0.191. The Balaban J connectivity index is 2.25. The second kappa shape index (κ2) is 5.58. The predicted molar refractivity (Wildman–Crippen MR) is 71.3 cm³/mol. The molecule has 0 spiro atoms. The third-order valence-corrected chi connectivity index (χ3v) is 2.79. The van der Waals surface area contributed by atoms with Crippen molar-refractivity contribution in [1.29, 1.82) is 0 Å². The first-order valence-corrected chi connectivity index (χ1v) is 5.80. The molecule has 0 aliphatic carbocycles. The van der Waals surface area contributed by atoms with E-state index in [-0.39, 0.29) is 18.3 Å². The zero-order chi connectivity index (χ0) is 13.8. The lowest BCUT2D eigenvalue weighted by Gasteiger charge is -2.17. The number of benzene rings is 1. The molecule has 0 aliphatic rings. The van der Waals surface area contributed by atoms with E-state index in [1.54, 1.807) is 37.5 Å². The average molecular weight is 259 g/mol. The fourth-order valence-corrected chi connectivity index (χ4v) is 1.70. The summed E-state index contributed by atoms with van der Waals surface area (Å²) in [7, 11) is 1.64. The van der Waals surface area contributed by atoms with Crippen LogP contribution < -0.4 is 10.6 Å². The molecule has 1 aromatic carbocycles. The van der Waals surface area contributed by atoms with E-state index < -0.39 is 0 Å². The highest BCUT2D eigenvalue weighted by atomic mass is 19.1. The van der Waals surface area contributed by atoms with Gasteiger partial charge in [0, 0.05) is 31.0 Å². The van der Waals surface area contributed by atoms with E-state index in [2.05, 4.69) is 4.98 Å². The van der Waals surface area contributed by atoms with Crippen LogP contribution in [0.3, 0.4) is 0 Å². The van der Waals surface area contributed by atoms with E-state index in [0.29, 0.717) is 16.9 Å². The molecule has 1 heterocycles. The van der Waals surface area contributed by atoms with Gasteiger partial charge >= 0.3 is 0 Å². The number of hydrogen-bond acceptors (Lipinski definition) is 3. The summed E-state index contributed by atoms with van der Waals surface area (Å²) in [5.41, 5.74) is 7.27. The molecule has 0 saturated heterocycles. The number of nitrogens with two attached hydrogens (primary N) is 1. The Morgan fingerprint density at radius 2 is 2.00 bits per heavy atom. The highest BCUT2D eigenvalue weighted by Gasteiger charge is 2.13. The number of carbonyl (C=O) groups is 1. The minimum atomic E-state index is -0.334. The van der Waals surface area contributed by atoms with Crippen LogP contribution in [0.25, 0.3) is 0 Å². The van der Waals surface area contributed by atoms with Crippen LogP contribution in [-0.4, -0.2) is 17.9 Å². The zero-order valence-electron chi connectivity index (χ0n) is 10.5. The van der Waals surface area contributed by atoms with Gasteiger partial charge in [0.1, 0.15) is 5.82 Å². The molecule has 0 aliphatic heterocycles. The Morgan fingerprint density at radius 1 is 1.32 bits per heavy atom. The number of pyridine rings is 1. The van der Waals surface area contributed by atoms with Crippen LogP contribution in [0.1, 0.15) is 16.1 Å². The second-order valence-electron chi connectivity index (χ2n) is 4.08. The lowest BCUT2D eigenvalue weighted by Crippen LogP contribution is -2.26. The van der Waals surface area contributed by atoms with Crippen molar-refractivity contribution in [2.24, 2.45) is 5.73 Å². The molecule has 0 atom stereocenters. The number of hydrogen-bond donors (Lipinski definition) is 1. The molecule has 1 aromatic heterocycles. The van der Waals surface area contributed by atoms with E-state index >= 15 is 0 Å². The fourth-order valence-electron chi connectivity index (χ4n) is 1.70. The van der Waals surface area contributed by atoms with Gasteiger partial charge in [-0.05, 0) is 36.4 Å². The third-order valence-electron chi connectivity index (χ3n) is 2.79. The number of halogens is 1. The molecule has 2 aromatic rings. The summed E-state index contributed by atoms with van der Waals surface area (Å²) in [4.78, 5) is 17.8. The topological polar surface area (TPSA) is 59.2 Å². The normalized spacial score (nSPS) is 10.3. The zero-order valence-corrected chi connectivity index (χ0v) is 10.5. The molecule has 19 heavy (non-hydrogen) atoms. The lowest BCUT2D eigenvalue weighted by molar-refractivity contribution is 0.0993. The van der Waals surface area contributed by atoms with Crippen LogP contribution in [0, 0.1) is 5.82 Å². The van der Waals surface area contributed by atoms with Gasteiger partial charge in [-0.3, -0.25) is 9.78 Å². The smallest absolute Gasteiger partial charge is 0.258 e. The molecular formula is C14H14FN3O. The summed E-state index contributed by atoms with van der Waals surface area (Å²) in [6, 6.07) is 9.02. The van der Waals surface area contributed by atoms with Gasteiger partial charge in [-0.2, -0.15) is 0 Å². The second-order valence-corrected chi connectivity index (χ2v) is 4.08. The molecule has 0 unspecified atom stereocenters. The Hall–Kier alpha value is -2.27. The van der Waals surface area contributed by atoms with E-state index in [1.165, 1.54) is 17.0 Å².